The molecule has 1 aromatic carbocycles. The van der Waals surface area contributed by atoms with Crippen LogP contribution < -0.4 is 5.32 Å². The fourth-order valence-electron chi connectivity index (χ4n) is 3.45. The van der Waals surface area contributed by atoms with Crippen molar-refractivity contribution in [1.29, 1.82) is 0 Å². The third kappa shape index (κ3) is 5.36. The third-order valence-corrected chi connectivity index (χ3v) is 5.66. The first-order valence-corrected chi connectivity index (χ1v) is 9.34. The summed E-state index contributed by atoms with van der Waals surface area (Å²) in [5, 5.41) is 4.61. The quantitative estimate of drug-likeness (QED) is 0.611. The Morgan fingerprint density at radius 2 is 1.78 bits per heavy atom. The molecule has 1 N–H and O–H groups in total. The minimum absolute atomic E-state index is 0.363. The summed E-state index contributed by atoms with van der Waals surface area (Å²) in [5.41, 5.74) is 3.14. The van der Waals surface area contributed by atoms with Gasteiger partial charge in [0.05, 0.1) is 0 Å². The monoisotopic (exact) mass is 333 g/mol. The van der Waals surface area contributed by atoms with Gasteiger partial charge in [0.25, 0.3) is 0 Å². The number of hydrogen-bond acceptors (Lipinski definition) is 1. The summed E-state index contributed by atoms with van der Waals surface area (Å²) in [6.07, 6.45) is 5.21. The van der Waals surface area contributed by atoms with E-state index in [2.05, 4.69) is 51.7 Å². The van der Waals surface area contributed by atoms with Crippen molar-refractivity contribution in [3.8, 4) is 0 Å². The number of hydrogen-bond donors (Lipinski definition) is 1. The Bertz CT molecular complexity index is 505. The van der Waals surface area contributed by atoms with Gasteiger partial charge in [0.1, 0.15) is 0 Å². The fourth-order valence-corrected chi connectivity index (χ4v) is 3.57. The van der Waals surface area contributed by atoms with Crippen molar-refractivity contribution in [3.05, 3.63) is 47.0 Å². The van der Waals surface area contributed by atoms with Crippen LogP contribution in [-0.4, -0.2) is 12.6 Å². The van der Waals surface area contributed by atoms with Crippen LogP contribution in [0.1, 0.15) is 64.9 Å². The second kappa shape index (κ2) is 7.85. The summed E-state index contributed by atoms with van der Waals surface area (Å²) in [4.78, 5) is 0. The molecule has 0 aliphatic heterocycles. The van der Waals surface area contributed by atoms with Crippen molar-refractivity contribution < 1.29 is 0 Å². The van der Waals surface area contributed by atoms with Crippen LogP contribution in [0.5, 0.6) is 0 Å². The number of halogens is 1. The minimum Gasteiger partial charge on any atom is -0.313 e. The van der Waals surface area contributed by atoms with Crippen LogP contribution >= 0.6 is 11.6 Å². The largest absolute Gasteiger partial charge is 0.313 e. The molecule has 0 bridgehead atoms. The normalized spacial score (nSPS) is 19.7. The topological polar surface area (TPSA) is 12.0 Å². The van der Waals surface area contributed by atoms with E-state index in [9.17, 15) is 0 Å². The lowest BCUT2D eigenvalue weighted by Crippen LogP contribution is -2.38. The highest BCUT2D eigenvalue weighted by molar-refractivity contribution is 6.30. The van der Waals surface area contributed by atoms with E-state index in [0.717, 1.165) is 11.6 Å². The molecular formula is C21H32ClN. The lowest BCUT2D eigenvalue weighted by molar-refractivity contribution is 0.206. The van der Waals surface area contributed by atoms with Gasteiger partial charge in [0.15, 0.2) is 0 Å². The fraction of sp³-hybridized carbons (Fsp3) is 0.619. The molecule has 1 aromatic rings. The van der Waals surface area contributed by atoms with E-state index in [-0.39, 0.29) is 0 Å². The van der Waals surface area contributed by atoms with E-state index >= 15 is 0 Å². The molecular weight excluding hydrogens is 302 g/mol. The molecule has 2 heteroatoms. The van der Waals surface area contributed by atoms with Gasteiger partial charge >= 0.3 is 0 Å². The Labute approximate surface area is 147 Å². The van der Waals surface area contributed by atoms with E-state index in [1.165, 1.54) is 36.8 Å². The zero-order valence-electron chi connectivity index (χ0n) is 15.2. The van der Waals surface area contributed by atoms with E-state index in [4.69, 9.17) is 11.6 Å². The molecule has 0 heterocycles. The van der Waals surface area contributed by atoms with Crippen LogP contribution in [0.3, 0.4) is 0 Å². The van der Waals surface area contributed by atoms with Gasteiger partial charge in [-0.1, -0.05) is 63.6 Å². The lowest BCUT2D eigenvalue weighted by Gasteiger charge is -2.35. The molecule has 0 saturated heterocycles. The predicted octanol–water partition coefficient (Wildman–Crippen LogP) is 6.19. The summed E-state index contributed by atoms with van der Waals surface area (Å²) in [6.45, 7) is 14.6. The number of benzene rings is 1. The molecule has 23 heavy (non-hydrogen) atoms. The molecule has 0 radical (unpaired) electrons. The molecule has 1 aliphatic carbocycles. The van der Waals surface area contributed by atoms with Crippen LogP contribution in [0.15, 0.2) is 36.4 Å². The van der Waals surface area contributed by atoms with Crippen LogP contribution in [-0.2, 0) is 0 Å². The Hall–Kier alpha value is -0.790. The average molecular weight is 334 g/mol. The summed E-state index contributed by atoms with van der Waals surface area (Å²) in [6, 6.07) is 8.91. The van der Waals surface area contributed by atoms with Crippen molar-refractivity contribution in [2.45, 2.75) is 65.3 Å². The molecule has 0 amide bonds. The highest BCUT2D eigenvalue weighted by atomic mass is 35.5. The molecule has 128 valence electrons. The Morgan fingerprint density at radius 3 is 2.30 bits per heavy atom. The van der Waals surface area contributed by atoms with Gasteiger partial charge in [-0.05, 0) is 54.7 Å². The summed E-state index contributed by atoms with van der Waals surface area (Å²) < 4.78 is 0. The third-order valence-electron chi connectivity index (χ3n) is 5.41. The van der Waals surface area contributed by atoms with Crippen molar-refractivity contribution in [3.63, 3.8) is 0 Å². The Kier molecular flexibility index (Phi) is 6.33. The summed E-state index contributed by atoms with van der Waals surface area (Å²) in [7, 11) is 0. The van der Waals surface area contributed by atoms with Crippen LogP contribution in [0.25, 0.3) is 0 Å². The standard InChI is InChI=1S/C21H32ClN/c1-15(2)16(3)20(17-6-8-18(22)9-7-17)14-23-19-10-12-21(4,5)13-11-19/h6-9,15,19-20,23H,3,10-14H2,1-2,4-5H3/t20-/m0/s1. The molecule has 2 rings (SSSR count). The second-order valence-electron chi connectivity index (χ2n) is 8.18. The zero-order chi connectivity index (χ0) is 17.0. The van der Waals surface area contributed by atoms with E-state index < -0.39 is 0 Å². The van der Waals surface area contributed by atoms with Gasteiger partial charge in [0.2, 0.25) is 0 Å². The van der Waals surface area contributed by atoms with Gasteiger partial charge in [-0.15, -0.1) is 0 Å². The Balaban J connectivity index is 2.01. The molecule has 0 aromatic heterocycles. The van der Waals surface area contributed by atoms with Crippen molar-refractivity contribution in [1.82, 2.24) is 5.32 Å². The minimum atomic E-state index is 0.363. The molecule has 0 spiro atoms. The smallest absolute Gasteiger partial charge is 0.0406 e. The first kappa shape index (κ1) is 18.5. The van der Waals surface area contributed by atoms with E-state index in [1.807, 2.05) is 12.1 Å². The summed E-state index contributed by atoms with van der Waals surface area (Å²) in [5.74, 6) is 0.852. The first-order valence-electron chi connectivity index (χ1n) is 8.96. The molecule has 1 aliphatic rings. The Morgan fingerprint density at radius 1 is 1.22 bits per heavy atom. The number of nitrogens with one attached hydrogen (secondary N) is 1. The van der Waals surface area contributed by atoms with Crippen molar-refractivity contribution in [2.75, 3.05) is 6.54 Å². The summed E-state index contributed by atoms with van der Waals surface area (Å²) >= 11 is 6.05. The van der Waals surface area contributed by atoms with Crippen LogP contribution in [0.2, 0.25) is 5.02 Å². The number of rotatable bonds is 6. The van der Waals surface area contributed by atoms with Crippen LogP contribution in [0, 0.1) is 11.3 Å². The first-order chi connectivity index (χ1) is 10.8. The SMILES string of the molecule is C=C(C(C)C)[C@H](CNC1CCC(C)(C)CC1)c1ccc(Cl)cc1. The second-order valence-corrected chi connectivity index (χ2v) is 8.62. The van der Waals surface area contributed by atoms with Gasteiger partial charge in [-0.25, -0.2) is 0 Å². The van der Waals surface area contributed by atoms with E-state index in [1.54, 1.807) is 0 Å². The molecule has 0 unspecified atom stereocenters. The zero-order valence-corrected chi connectivity index (χ0v) is 15.9. The maximum atomic E-state index is 6.05. The van der Waals surface area contributed by atoms with Gasteiger partial charge < -0.3 is 5.32 Å². The molecule has 1 nitrogen and oxygen atoms in total. The van der Waals surface area contributed by atoms with E-state index in [0.29, 0.717) is 23.3 Å². The molecule has 1 atom stereocenters. The van der Waals surface area contributed by atoms with Crippen molar-refractivity contribution in [2.24, 2.45) is 11.3 Å². The maximum Gasteiger partial charge on any atom is 0.0406 e. The molecule has 1 fully saturated rings. The molecule has 1 saturated carbocycles. The van der Waals surface area contributed by atoms with Gasteiger partial charge in [0, 0.05) is 23.5 Å². The average Bonchev–Trinajstić information content (AvgIpc) is 2.50. The van der Waals surface area contributed by atoms with Gasteiger partial charge in [-0.2, -0.15) is 0 Å². The highest BCUT2D eigenvalue weighted by Gasteiger charge is 2.27. The highest BCUT2D eigenvalue weighted by Crippen LogP contribution is 2.35. The van der Waals surface area contributed by atoms with Crippen molar-refractivity contribution >= 4 is 11.6 Å². The maximum absolute atomic E-state index is 6.05. The van der Waals surface area contributed by atoms with Gasteiger partial charge in [-0.3, -0.25) is 0 Å². The van der Waals surface area contributed by atoms with Crippen LogP contribution in [0.4, 0.5) is 0 Å². The predicted molar refractivity (Wildman–Crippen MR) is 102 cm³/mol. The lowest BCUT2D eigenvalue weighted by atomic mass is 9.75.